The van der Waals surface area contributed by atoms with Gasteiger partial charge in [-0.2, -0.15) is 0 Å². The molecule has 0 aliphatic carbocycles. The number of hydrogen-bond donors (Lipinski definition) is 1. The van der Waals surface area contributed by atoms with Gasteiger partial charge in [0.1, 0.15) is 17.2 Å². The van der Waals surface area contributed by atoms with E-state index in [1.807, 2.05) is 53.7 Å². The van der Waals surface area contributed by atoms with Crippen LogP contribution < -0.4 is 9.47 Å². The minimum Gasteiger partial charge on any atom is -0.507 e. The van der Waals surface area contributed by atoms with Gasteiger partial charge in [-0.25, -0.2) is 4.79 Å². The highest BCUT2D eigenvalue weighted by Crippen LogP contribution is 2.41. The van der Waals surface area contributed by atoms with E-state index in [0.717, 1.165) is 11.1 Å². The summed E-state index contributed by atoms with van der Waals surface area (Å²) in [6.45, 7) is 26.4. The molecule has 0 amide bonds. The van der Waals surface area contributed by atoms with Crippen LogP contribution in [-0.2, 0) is 31.2 Å². The van der Waals surface area contributed by atoms with E-state index in [9.17, 15) is 14.7 Å². The number of rotatable bonds is 5. The van der Waals surface area contributed by atoms with Crippen molar-refractivity contribution in [3.63, 3.8) is 0 Å². The number of carbonyl (C=O) groups is 2. The van der Waals surface area contributed by atoms with Crippen LogP contribution in [0.25, 0.3) is 0 Å². The molecular formula is C34H48O5. The Kier molecular flexibility index (Phi) is 9.22. The third-order valence-electron chi connectivity index (χ3n) is 6.67. The number of carbonyl (C=O) groups excluding carboxylic acids is 2. The van der Waals surface area contributed by atoms with Crippen LogP contribution in [0.3, 0.4) is 0 Å². The smallest absolute Gasteiger partial charge is 0.335 e. The van der Waals surface area contributed by atoms with E-state index in [0.29, 0.717) is 22.6 Å². The molecular weight excluding hydrogens is 488 g/mol. The average molecular weight is 537 g/mol. The first-order valence-electron chi connectivity index (χ1n) is 13.7. The predicted octanol–water partition coefficient (Wildman–Crippen LogP) is 8.29. The maximum atomic E-state index is 12.9. The quantitative estimate of drug-likeness (QED) is 0.236. The van der Waals surface area contributed by atoms with Crippen LogP contribution in [-0.4, -0.2) is 17.0 Å². The summed E-state index contributed by atoms with van der Waals surface area (Å²) in [6.07, 6.45) is 2.73. The molecule has 2 rings (SSSR count). The lowest BCUT2D eigenvalue weighted by molar-refractivity contribution is -0.136. The molecule has 0 saturated heterocycles. The van der Waals surface area contributed by atoms with Crippen molar-refractivity contribution in [2.75, 3.05) is 0 Å². The van der Waals surface area contributed by atoms with Crippen molar-refractivity contribution in [3.8, 4) is 17.2 Å². The number of hydrogen-bond acceptors (Lipinski definition) is 5. The Bertz CT molecular complexity index is 1170. The fourth-order valence-electron chi connectivity index (χ4n) is 4.00. The van der Waals surface area contributed by atoms with E-state index in [4.69, 9.17) is 9.47 Å². The van der Waals surface area contributed by atoms with E-state index >= 15 is 0 Å². The maximum Gasteiger partial charge on any atom is 0.335 e. The minimum absolute atomic E-state index is 0.106. The summed E-state index contributed by atoms with van der Waals surface area (Å²) in [4.78, 5) is 25.6. The van der Waals surface area contributed by atoms with Crippen LogP contribution in [0.1, 0.15) is 112 Å². The first kappa shape index (κ1) is 32.1. The zero-order valence-corrected chi connectivity index (χ0v) is 26.2. The lowest BCUT2D eigenvalue weighted by Crippen LogP contribution is -2.20. The molecule has 1 atom stereocenters. The van der Waals surface area contributed by atoms with Gasteiger partial charge in [-0.3, -0.25) is 4.79 Å². The molecule has 2 aromatic carbocycles. The lowest BCUT2D eigenvalue weighted by Gasteiger charge is -2.27. The van der Waals surface area contributed by atoms with Gasteiger partial charge in [0, 0.05) is 17.2 Å². The van der Waals surface area contributed by atoms with Crippen LogP contribution in [0, 0.1) is 5.92 Å². The highest BCUT2D eigenvalue weighted by atomic mass is 16.5. The van der Waals surface area contributed by atoms with E-state index in [2.05, 4.69) is 47.6 Å². The molecule has 0 fully saturated rings. The zero-order valence-electron chi connectivity index (χ0n) is 26.2. The first-order valence-corrected chi connectivity index (χ1v) is 13.7. The van der Waals surface area contributed by atoms with E-state index < -0.39 is 17.9 Å². The molecule has 0 bridgehead atoms. The van der Waals surface area contributed by atoms with Crippen molar-refractivity contribution in [2.24, 2.45) is 5.92 Å². The second-order valence-electron chi connectivity index (χ2n) is 14.6. The number of aromatic hydroxyl groups is 1. The number of ether oxygens (including phenoxy) is 2. The van der Waals surface area contributed by atoms with Gasteiger partial charge in [-0.15, -0.1) is 0 Å². The van der Waals surface area contributed by atoms with Gasteiger partial charge >= 0.3 is 11.9 Å². The predicted molar refractivity (Wildman–Crippen MR) is 159 cm³/mol. The second-order valence-corrected chi connectivity index (χ2v) is 14.6. The summed E-state index contributed by atoms with van der Waals surface area (Å²) in [7, 11) is 0. The summed E-state index contributed by atoms with van der Waals surface area (Å²) in [6, 6.07) is 9.37. The van der Waals surface area contributed by atoms with Crippen molar-refractivity contribution in [2.45, 2.75) is 112 Å². The number of phenols is 1. The van der Waals surface area contributed by atoms with Gasteiger partial charge in [0.25, 0.3) is 0 Å². The minimum atomic E-state index is -0.663. The molecule has 5 nitrogen and oxygen atoms in total. The van der Waals surface area contributed by atoms with Crippen LogP contribution in [0.4, 0.5) is 0 Å². The Balaban J connectivity index is 2.24. The largest absolute Gasteiger partial charge is 0.507 e. The van der Waals surface area contributed by atoms with Crippen molar-refractivity contribution >= 4 is 11.9 Å². The summed E-state index contributed by atoms with van der Waals surface area (Å²) in [5.74, 6) is -0.671. The third-order valence-corrected chi connectivity index (χ3v) is 6.67. The van der Waals surface area contributed by atoms with Gasteiger partial charge < -0.3 is 14.6 Å². The molecule has 1 unspecified atom stereocenters. The van der Waals surface area contributed by atoms with E-state index in [1.165, 1.54) is 12.2 Å². The van der Waals surface area contributed by atoms with Crippen LogP contribution in [0.15, 0.2) is 42.5 Å². The third kappa shape index (κ3) is 8.71. The number of esters is 2. The molecule has 5 heteroatoms. The van der Waals surface area contributed by atoms with Gasteiger partial charge in [0.05, 0.1) is 5.92 Å². The van der Waals surface area contributed by atoms with Gasteiger partial charge in [0.2, 0.25) is 0 Å². The fourth-order valence-corrected chi connectivity index (χ4v) is 4.00. The number of benzene rings is 2. The summed E-state index contributed by atoms with van der Waals surface area (Å²) in [5, 5.41) is 10.9. The molecule has 0 aliphatic heterocycles. The SMILES string of the molecule is CC(C=CC(=O)Oc1cc(C(C)(C)C)c(O)c(C(C)(C)C)c1)C(=O)Oc1cc(C(C)(C)C)cc(C(C)(C)C)c1. The Morgan fingerprint density at radius 1 is 0.667 bits per heavy atom. The van der Waals surface area contributed by atoms with Crippen molar-refractivity contribution in [3.05, 3.63) is 64.7 Å². The molecule has 0 heterocycles. The van der Waals surface area contributed by atoms with Crippen LogP contribution >= 0.6 is 0 Å². The van der Waals surface area contributed by atoms with Crippen molar-refractivity contribution in [1.82, 2.24) is 0 Å². The monoisotopic (exact) mass is 536 g/mol. The Labute approximate surface area is 235 Å². The Morgan fingerprint density at radius 3 is 1.46 bits per heavy atom. The van der Waals surface area contributed by atoms with Crippen LogP contribution in [0.5, 0.6) is 17.2 Å². The second kappa shape index (κ2) is 11.2. The van der Waals surface area contributed by atoms with Gasteiger partial charge in [-0.05, 0) is 64.0 Å². The maximum absolute atomic E-state index is 12.9. The molecule has 39 heavy (non-hydrogen) atoms. The Hall–Kier alpha value is -3.08. The van der Waals surface area contributed by atoms with E-state index in [-0.39, 0.29) is 27.4 Å². The molecule has 0 aromatic heterocycles. The average Bonchev–Trinajstić information content (AvgIpc) is 2.75. The summed E-state index contributed by atoms with van der Waals surface area (Å²) < 4.78 is 11.4. The lowest BCUT2D eigenvalue weighted by atomic mass is 9.79. The summed E-state index contributed by atoms with van der Waals surface area (Å²) in [5.41, 5.74) is 2.66. The molecule has 0 spiro atoms. The van der Waals surface area contributed by atoms with Gasteiger partial charge in [0.15, 0.2) is 0 Å². The molecule has 2 aromatic rings. The molecule has 0 radical (unpaired) electrons. The van der Waals surface area contributed by atoms with E-state index in [1.54, 1.807) is 19.1 Å². The topological polar surface area (TPSA) is 72.8 Å². The number of phenolic OH excluding ortho intramolecular Hbond substituents is 1. The highest BCUT2D eigenvalue weighted by molar-refractivity contribution is 5.86. The standard InChI is InChI=1S/C34H48O5/c1-21(30(37)39-24-17-22(31(2,3)4)16-23(18-24)32(5,6)7)14-15-28(35)38-25-19-26(33(8,9)10)29(36)27(20-25)34(11,12)13/h14-21,36H,1-13H3. The fraction of sp³-hybridized carbons (Fsp3) is 0.529. The molecule has 0 aliphatic rings. The van der Waals surface area contributed by atoms with Crippen LogP contribution in [0.2, 0.25) is 0 Å². The Morgan fingerprint density at radius 2 is 1.08 bits per heavy atom. The normalized spacial score (nSPS) is 13.9. The zero-order chi connectivity index (χ0) is 30.1. The molecule has 0 saturated carbocycles. The highest BCUT2D eigenvalue weighted by Gasteiger charge is 2.27. The van der Waals surface area contributed by atoms with Crippen molar-refractivity contribution in [1.29, 1.82) is 0 Å². The molecule has 214 valence electrons. The van der Waals surface area contributed by atoms with Gasteiger partial charge in [-0.1, -0.05) is 95.2 Å². The summed E-state index contributed by atoms with van der Waals surface area (Å²) >= 11 is 0. The molecule has 1 N–H and O–H groups in total. The van der Waals surface area contributed by atoms with Crippen molar-refractivity contribution < 1.29 is 24.2 Å². The first-order chi connectivity index (χ1) is 17.5.